The van der Waals surface area contributed by atoms with Gasteiger partial charge in [-0.3, -0.25) is 24.2 Å². The van der Waals surface area contributed by atoms with Crippen molar-refractivity contribution >= 4 is 17.7 Å². The van der Waals surface area contributed by atoms with E-state index in [-0.39, 0.29) is 48.6 Å². The molecule has 3 aliphatic rings. The normalized spacial score (nSPS) is 24.9. The fourth-order valence-electron chi connectivity index (χ4n) is 5.30. The van der Waals surface area contributed by atoms with Gasteiger partial charge in [-0.2, -0.15) is 0 Å². The van der Waals surface area contributed by atoms with Crippen LogP contribution < -0.4 is 10.1 Å². The second kappa shape index (κ2) is 9.81. The van der Waals surface area contributed by atoms with Crippen LogP contribution in [0.5, 0.6) is 5.75 Å². The zero-order valence-electron chi connectivity index (χ0n) is 18.3. The highest BCUT2D eigenvalue weighted by molar-refractivity contribution is 6.05. The quantitative estimate of drug-likeness (QED) is 0.645. The molecule has 3 atom stereocenters. The van der Waals surface area contributed by atoms with E-state index in [0.717, 1.165) is 50.1 Å². The third-order valence-electron chi connectivity index (χ3n) is 7.07. The van der Waals surface area contributed by atoms with Gasteiger partial charge >= 0.3 is 0 Å². The minimum absolute atomic E-state index is 0.0734. The number of rotatable bonds is 8. The minimum atomic E-state index is -0.154. The molecule has 1 aliphatic carbocycles. The van der Waals surface area contributed by atoms with Crippen LogP contribution >= 0.6 is 0 Å². The first-order valence-electron chi connectivity index (χ1n) is 11.6. The smallest absolute Gasteiger partial charge is 0.233 e. The van der Waals surface area contributed by atoms with Crippen molar-refractivity contribution in [1.29, 1.82) is 0 Å². The van der Waals surface area contributed by atoms with Crippen LogP contribution in [-0.4, -0.2) is 60.8 Å². The molecule has 168 valence electrons. The standard InChI is InChI=1S/C24H33N3O4/c1-31-18-10-8-17(9-11-18)21(26-13-4-5-14-26)16-25-22(28)12-15-27-23(29)19-6-2-3-7-20(19)24(27)30/h8-11,19-21H,2-7,12-16H2,1H3,(H,25,28)/t19-,20+,21-/m0/s1. The van der Waals surface area contributed by atoms with Crippen LogP contribution in [0.1, 0.15) is 56.6 Å². The molecule has 0 radical (unpaired) electrons. The molecule has 1 aromatic carbocycles. The lowest BCUT2D eigenvalue weighted by Gasteiger charge is -2.28. The Hall–Kier alpha value is -2.41. The van der Waals surface area contributed by atoms with E-state index in [2.05, 4.69) is 22.3 Å². The molecule has 2 heterocycles. The van der Waals surface area contributed by atoms with Crippen molar-refractivity contribution in [3.8, 4) is 5.75 Å². The van der Waals surface area contributed by atoms with Crippen LogP contribution in [0.25, 0.3) is 0 Å². The topological polar surface area (TPSA) is 79.0 Å². The Kier molecular flexibility index (Phi) is 6.90. The van der Waals surface area contributed by atoms with Gasteiger partial charge in [0.25, 0.3) is 0 Å². The molecule has 1 aromatic rings. The summed E-state index contributed by atoms with van der Waals surface area (Å²) in [5.41, 5.74) is 1.15. The molecule has 0 spiro atoms. The lowest BCUT2D eigenvalue weighted by Crippen LogP contribution is -2.39. The van der Waals surface area contributed by atoms with E-state index < -0.39 is 0 Å². The number of hydrogen-bond acceptors (Lipinski definition) is 5. The molecule has 2 aliphatic heterocycles. The molecule has 2 saturated heterocycles. The van der Waals surface area contributed by atoms with Gasteiger partial charge < -0.3 is 10.1 Å². The van der Waals surface area contributed by atoms with Crippen molar-refractivity contribution in [1.82, 2.24) is 15.1 Å². The molecule has 0 bridgehead atoms. The highest BCUT2D eigenvalue weighted by Gasteiger charge is 2.47. The summed E-state index contributed by atoms with van der Waals surface area (Å²) in [6.07, 6.45) is 6.13. The zero-order valence-corrected chi connectivity index (χ0v) is 18.3. The molecule has 3 amide bonds. The largest absolute Gasteiger partial charge is 0.497 e. The van der Waals surface area contributed by atoms with Gasteiger partial charge in [-0.1, -0.05) is 25.0 Å². The Bertz CT molecular complexity index is 780. The summed E-state index contributed by atoms with van der Waals surface area (Å²) in [6, 6.07) is 8.11. The van der Waals surface area contributed by atoms with E-state index in [1.807, 2.05) is 12.1 Å². The number of nitrogens with one attached hydrogen (secondary N) is 1. The zero-order chi connectivity index (χ0) is 21.8. The second-order valence-corrected chi connectivity index (χ2v) is 8.91. The summed E-state index contributed by atoms with van der Waals surface area (Å²) in [5, 5.41) is 3.04. The molecule has 31 heavy (non-hydrogen) atoms. The lowest BCUT2D eigenvalue weighted by molar-refractivity contribution is -0.140. The van der Waals surface area contributed by atoms with Crippen molar-refractivity contribution in [3.05, 3.63) is 29.8 Å². The van der Waals surface area contributed by atoms with E-state index in [9.17, 15) is 14.4 Å². The van der Waals surface area contributed by atoms with Crippen molar-refractivity contribution in [3.63, 3.8) is 0 Å². The van der Waals surface area contributed by atoms with Crippen molar-refractivity contribution in [2.24, 2.45) is 11.8 Å². The molecular formula is C24H33N3O4. The van der Waals surface area contributed by atoms with Crippen molar-refractivity contribution in [2.45, 2.75) is 51.0 Å². The van der Waals surface area contributed by atoms with Crippen LogP contribution in [0.15, 0.2) is 24.3 Å². The number of ether oxygens (including phenoxy) is 1. The second-order valence-electron chi connectivity index (χ2n) is 8.91. The van der Waals surface area contributed by atoms with Gasteiger partial charge in [0.2, 0.25) is 17.7 Å². The molecule has 4 rings (SSSR count). The summed E-state index contributed by atoms with van der Waals surface area (Å²) in [7, 11) is 1.65. The molecule has 0 aromatic heterocycles. The number of nitrogens with zero attached hydrogens (tertiary/aromatic N) is 2. The maximum Gasteiger partial charge on any atom is 0.233 e. The molecular weight excluding hydrogens is 394 g/mol. The van der Waals surface area contributed by atoms with Crippen LogP contribution in [-0.2, 0) is 14.4 Å². The predicted octanol–water partition coefficient (Wildman–Crippen LogP) is 2.51. The third-order valence-corrected chi connectivity index (χ3v) is 7.07. The summed E-state index contributed by atoms with van der Waals surface area (Å²) in [6.45, 7) is 2.74. The highest BCUT2D eigenvalue weighted by atomic mass is 16.5. The monoisotopic (exact) mass is 427 g/mol. The molecule has 7 heteroatoms. The third kappa shape index (κ3) is 4.76. The Balaban J connectivity index is 1.32. The fourth-order valence-corrected chi connectivity index (χ4v) is 5.30. The van der Waals surface area contributed by atoms with Crippen molar-refractivity contribution in [2.75, 3.05) is 33.3 Å². The number of hydrogen-bond donors (Lipinski definition) is 1. The van der Waals surface area contributed by atoms with E-state index in [1.54, 1.807) is 7.11 Å². The van der Waals surface area contributed by atoms with Gasteiger partial charge in [-0.15, -0.1) is 0 Å². The van der Waals surface area contributed by atoms with E-state index >= 15 is 0 Å². The average molecular weight is 428 g/mol. The minimum Gasteiger partial charge on any atom is -0.497 e. The lowest BCUT2D eigenvalue weighted by atomic mass is 9.81. The van der Waals surface area contributed by atoms with E-state index in [1.165, 1.54) is 17.7 Å². The number of carbonyl (C=O) groups excluding carboxylic acids is 3. The summed E-state index contributed by atoms with van der Waals surface area (Å²) in [4.78, 5) is 41.5. The molecule has 1 N–H and O–H groups in total. The fraction of sp³-hybridized carbons (Fsp3) is 0.625. The van der Waals surface area contributed by atoms with Gasteiger partial charge in [0.15, 0.2) is 0 Å². The molecule has 3 fully saturated rings. The Morgan fingerprint density at radius 3 is 2.23 bits per heavy atom. The Morgan fingerprint density at radius 1 is 1.03 bits per heavy atom. The summed E-state index contributed by atoms with van der Waals surface area (Å²) >= 11 is 0. The first-order chi connectivity index (χ1) is 15.1. The first-order valence-corrected chi connectivity index (χ1v) is 11.6. The molecule has 7 nitrogen and oxygen atoms in total. The summed E-state index contributed by atoms with van der Waals surface area (Å²) in [5.74, 6) is 0.242. The maximum absolute atomic E-state index is 12.6. The first kappa shape index (κ1) is 21.8. The number of methoxy groups -OCH3 is 1. The number of fused-ring (bicyclic) bond motifs is 1. The van der Waals surface area contributed by atoms with E-state index in [0.29, 0.717) is 6.54 Å². The number of benzene rings is 1. The van der Waals surface area contributed by atoms with Crippen LogP contribution in [0.3, 0.4) is 0 Å². The SMILES string of the molecule is COc1ccc([C@H](CNC(=O)CCN2C(=O)[C@H]3CCCC[C@H]3C2=O)N2CCCC2)cc1. The van der Waals surface area contributed by atoms with Crippen molar-refractivity contribution < 1.29 is 19.1 Å². The highest BCUT2D eigenvalue weighted by Crippen LogP contribution is 2.38. The number of likely N-dealkylation sites (tertiary alicyclic amines) is 2. The van der Waals surface area contributed by atoms with Crippen LogP contribution in [0, 0.1) is 11.8 Å². The molecule has 0 unspecified atom stereocenters. The predicted molar refractivity (Wildman–Crippen MR) is 116 cm³/mol. The summed E-state index contributed by atoms with van der Waals surface area (Å²) < 4.78 is 5.26. The molecule has 1 saturated carbocycles. The van der Waals surface area contributed by atoms with Crippen LogP contribution in [0.4, 0.5) is 0 Å². The number of imide groups is 1. The van der Waals surface area contributed by atoms with Gasteiger partial charge in [0.05, 0.1) is 25.0 Å². The maximum atomic E-state index is 12.6. The number of carbonyl (C=O) groups is 3. The van der Waals surface area contributed by atoms with Crippen LogP contribution in [0.2, 0.25) is 0 Å². The van der Waals surface area contributed by atoms with Gasteiger partial charge in [-0.25, -0.2) is 0 Å². The van der Waals surface area contributed by atoms with Gasteiger partial charge in [0.1, 0.15) is 5.75 Å². The number of amides is 3. The van der Waals surface area contributed by atoms with E-state index in [4.69, 9.17) is 4.74 Å². The average Bonchev–Trinajstić information content (AvgIpc) is 3.41. The Labute approximate surface area is 184 Å². The van der Waals surface area contributed by atoms with Gasteiger partial charge in [-0.05, 0) is 56.5 Å². The Morgan fingerprint density at radius 2 is 1.65 bits per heavy atom. The van der Waals surface area contributed by atoms with Gasteiger partial charge in [0, 0.05) is 19.5 Å².